The summed E-state index contributed by atoms with van der Waals surface area (Å²) >= 11 is 1.27. The minimum Gasteiger partial charge on any atom is -0.352 e. The van der Waals surface area contributed by atoms with Crippen LogP contribution >= 0.6 is 11.8 Å². The molecule has 0 aliphatic heterocycles. The maximum atomic E-state index is 12.6. The van der Waals surface area contributed by atoms with Crippen molar-refractivity contribution in [3.05, 3.63) is 18.2 Å². The molecule has 1 aromatic heterocycles. The zero-order valence-electron chi connectivity index (χ0n) is 17.7. The van der Waals surface area contributed by atoms with Gasteiger partial charge in [-0.2, -0.15) is 0 Å². The number of aromatic nitrogens is 2. The molecule has 0 unspecified atom stereocenters. The second-order valence-electron chi connectivity index (χ2n) is 7.16. The average Bonchev–Trinajstić information content (AvgIpc) is 3.00. The molecule has 0 aliphatic carbocycles. The van der Waals surface area contributed by atoms with Gasteiger partial charge in [-0.1, -0.05) is 18.7 Å². The van der Waals surface area contributed by atoms with Gasteiger partial charge in [0.05, 0.1) is 28.2 Å². The Bertz CT molecular complexity index is 1020. The molecule has 0 saturated heterocycles. The van der Waals surface area contributed by atoms with E-state index in [9.17, 15) is 18.0 Å². The van der Waals surface area contributed by atoms with Crippen LogP contribution in [0.3, 0.4) is 0 Å². The summed E-state index contributed by atoms with van der Waals surface area (Å²) < 4.78 is 25.2. The number of benzene rings is 1. The van der Waals surface area contributed by atoms with E-state index in [0.29, 0.717) is 23.8 Å². The van der Waals surface area contributed by atoms with Gasteiger partial charge in [-0.3, -0.25) is 9.59 Å². The molecule has 3 N–H and O–H groups in total. The number of carbonyl (C=O) groups excluding carboxylic acids is 2. The van der Waals surface area contributed by atoms with Crippen molar-refractivity contribution in [2.24, 2.45) is 5.14 Å². The smallest absolute Gasteiger partial charge is 0.239 e. The molecule has 2 amide bonds. The van der Waals surface area contributed by atoms with Crippen LogP contribution < -0.4 is 10.5 Å². The molecular weight excluding hydrogens is 426 g/mol. The van der Waals surface area contributed by atoms with E-state index in [1.54, 1.807) is 6.07 Å². The monoisotopic (exact) mass is 455 g/mol. The summed E-state index contributed by atoms with van der Waals surface area (Å²) in [6.45, 7) is 8.70. The predicted molar refractivity (Wildman–Crippen MR) is 118 cm³/mol. The number of primary sulfonamides is 1. The topological polar surface area (TPSA) is 127 Å². The number of sulfonamides is 1. The molecule has 0 bridgehead atoms. The maximum Gasteiger partial charge on any atom is 0.239 e. The average molecular weight is 456 g/mol. The normalized spacial score (nSPS) is 11.8. The van der Waals surface area contributed by atoms with Crippen LogP contribution in [-0.2, 0) is 26.2 Å². The van der Waals surface area contributed by atoms with Gasteiger partial charge in [0.15, 0.2) is 5.16 Å². The first-order valence-corrected chi connectivity index (χ1v) is 12.3. The number of likely N-dealkylation sites (N-methyl/N-ethyl adjacent to an activating group) is 1. The van der Waals surface area contributed by atoms with Gasteiger partial charge in [-0.15, -0.1) is 0 Å². The third kappa shape index (κ3) is 6.19. The lowest BCUT2D eigenvalue weighted by Crippen LogP contribution is -2.43. The fourth-order valence-electron chi connectivity index (χ4n) is 2.95. The molecular formula is C19H29N5O4S2. The van der Waals surface area contributed by atoms with E-state index in [0.717, 1.165) is 11.9 Å². The Morgan fingerprint density at radius 1 is 1.30 bits per heavy atom. The van der Waals surface area contributed by atoms with Crippen LogP contribution in [-0.4, -0.2) is 59.6 Å². The minimum absolute atomic E-state index is 0.00269. The van der Waals surface area contributed by atoms with E-state index in [1.807, 2.05) is 32.3 Å². The van der Waals surface area contributed by atoms with E-state index < -0.39 is 10.0 Å². The first-order valence-electron chi connectivity index (χ1n) is 9.79. The van der Waals surface area contributed by atoms with Crippen molar-refractivity contribution in [2.75, 3.05) is 18.8 Å². The second-order valence-corrected chi connectivity index (χ2v) is 9.66. The molecule has 1 aromatic carbocycles. The highest BCUT2D eigenvalue weighted by Gasteiger charge is 2.19. The van der Waals surface area contributed by atoms with Gasteiger partial charge in [0, 0.05) is 19.1 Å². The fraction of sp³-hybridized carbons (Fsp3) is 0.526. The molecule has 166 valence electrons. The van der Waals surface area contributed by atoms with Crippen molar-refractivity contribution in [1.82, 2.24) is 19.8 Å². The lowest BCUT2D eigenvalue weighted by atomic mass is 10.3. The summed E-state index contributed by atoms with van der Waals surface area (Å²) in [5.41, 5.74) is 1.29. The van der Waals surface area contributed by atoms with Gasteiger partial charge in [0.25, 0.3) is 0 Å². The van der Waals surface area contributed by atoms with Crippen LogP contribution in [0.4, 0.5) is 0 Å². The Balaban J connectivity index is 2.20. The maximum absolute atomic E-state index is 12.6. The Hall–Kier alpha value is -2.11. The number of nitrogens with two attached hydrogens (primary N) is 1. The molecule has 0 spiro atoms. The Labute approximate surface area is 181 Å². The summed E-state index contributed by atoms with van der Waals surface area (Å²) in [5.74, 6) is -0.238. The van der Waals surface area contributed by atoms with Gasteiger partial charge >= 0.3 is 0 Å². The predicted octanol–water partition coefficient (Wildman–Crippen LogP) is 1.56. The lowest BCUT2D eigenvalue weighted by molar-refractivity contribution is -0.134. The lowest BCUT2D eigenvalue weighted by Gasteiger charge is -2.21. The summed E-state index contributed by atoms with van der Waals surface area (Å²) in [6.07, 6.45) is 0.848. The molecule has 0 fully saturated rings. The zero-order valence-corrected chi connectivity index (χ0v) is 19.3. The quantitative estimate of drug-likeness (QED) is 0.523. The Morgan fingerprint density at radius 2 is 2.00 bits per heavy atom. The summed E-state index contributed by atoms with van der Waals surface area (Å²) in [7, 11) is -3.83. The molecule has 0 aliphatic rings. The van der Waals surface area contributed by atoms with Crippen molar-refractivity contribution in [1.29, 1.82) is 0 Å². The highest BCUT2D eigenvalue weighted by atomic mass is 32.2. The van der Waals surface area contributed by atoms with Crippen LogP contribution in [0.25, 0.3) is 11.0 Å². The van der Waals surface area contributed by atoms with Gasteiger partial charge in [-0.05, 0) is 45.4 Å². The van der Waals surface area contributed by atoms with Crippen LogP contribution in [0, 0.1) is 0 Å². The van der Waals surface area contributed by atoms with Crippen molar-refractivity contribution in [3.8, 4) is 0 Å². The number of fused-ring (bicyclic) bond motifs is 1. The molecule has 0 atom stereocenters. The summed E-state index contributed by atoms with van der Waals surface area (Å²) in [6, 6.07) is 4.59. The Kier molecular flexibility index (Phi) is 8.27. The van der Waals surface area contributed by atoms with Gasteiger partial charge in [0.1, 0.15) is 0 Å². The number of rotatable bonds is 10. The molecule has 9 nitrogen and oxygen atoms in total. The molecule has 2 aromatic rings. The van der Waals surface area contributed by atoms with E-state index in [-0.39, 0.29) is 35.0 Å². The highest BCUT2D eigenvalue weighted by molar-refractivity contribution is 7.99. The third-order valence-electron chi connectivity index (χ3n) is 4.30. The number of amides is 2. The van der Waals surface area contributed by atoms with Crippen molar-refractivity contribution < 1.29 is 18.0 Å². The molecule has 30 heavy (non-hydrogen) atoms. The number of nitrogens with one attached hydrogen (secondary N) is 1. The number of imidazole rings is 1. The number of hydrogen-bond acceptors (Lipinski definition) is 6. The summed E-state index contributed by atoms with van der Waals surface area (Å²) in [5, 5.41) is 8.62. The fourth-order valence-corrected chi connectivity index (χ4v) is 4.43. The number of thioether (sulfide) groups is 1. The molecule has 2 rings (SSSR count). The molecule has 0 radical (unpaired) electrons. The van der Waals surface area contributed by atoms with Crippen LogP contribution in [0.2, 0.25) is 0 Å². The van der Waals surface area contributed by atoms with Crippen LogP contribution in [0.15, 0.2) is 28.3 Å². The standard InChI is InChI=1S/C19H29N5O4S2/c1-5-9-24-16-8-7-14(30(20,27)28)10-15(16)22-19(24)29-12-18(26)23(6-2)11-17(25)21-13(3)4/h7-8,10,13H,5-6,9,11-12H2,1-4H3,(H,21,25)(H2,20,27,28). The summed E-state index contributed by atoms with van der Waals surface area (Å²) in [4.78, 5) is 30.6. The van der Waals surface area contributed by atoms with Gasteiger partial charge in [0.2, 0.25) is 21.8 Å². The molecule has 0 saturated carbocycles. The number of carbonyl (C=O) groups is 2. The third-order valence-corrected chi connectivity index (χ3v) is 6.18. The van der Waals surface area contributed by atoms with Crippen molar-refractivity contribution in [2.45, 2.75) is 56.8 Å². The number of aryl methyl sites for hydroxylation is 1. The van der Waals surface area contributed by atoms with Gasteiger partial charge < -0.3 is 14.8 Å². The van der Waals surface area contributed by atoms with E-state index in [1.165, 1.54) is 28.8 Å². The first kappa shape index (κ1) is 24.2. The number of nitrogens with zero attached hydrogens (tertiary/aromatic N) is 3. The SMILES string of the molecule is CCCn1c(SCC(=O)N(CC)CC(=O)NC(C)C)nc2cc(S(N)(=O)=O)ccc21. The first-order chi connectivity index (χ1) is 14.1. The van der Waals surface area contributed by atoms with E-state index >= 15 is 0 Å². The van der Waals surface area contributed by atoms with Crippen LogP contribution in [0.5, 0.6) is 0 Å². The van der Waals surface area contributed by atoms with Crippen molar-refractivity contribution in [3.63, 3.8) is 0 Å². The highest BCUT2D eigenvalue weighted by Crippen LogP contribution is 2.26. The Morgan fingerprint density at radius 3 is 2.57 bits per heavy atom. The second kappa shape index (κ2) is 10.3. The van der Waals surface area contributed by atoms with Crippen molar-refractivity contribution >= 4 is 44.6 Å². The zero-order chi connectivity index (χ0) is 22.5. The van der Waals surface area contributed by atoms with Gasteiger partial charge in [-0.25, -0.2) is 18.5 Å². The van der Waals surface area contributed by atoms with Crippen LogP contribution in [0.1, 0.15) is 34.1 Å². The number of hydrogen-bond donors (Lipinski definition) is 2. The molecule has 11 heteroatoms. The molecule has 1 heterocycles. The van der Waals surface area contributed by atoms with E-state index in [4.69, 9.17) is 5.14 Å². The minimum atomic E-state index is -3.83. The van der Waals surface area contributed by atoms with E-state index in [2.05, 4.69) is 10.3 Å². The largest absolute Gasteiger partial charge is 0.352 e.